The predicted molar refractivity (Wildman–Crippen MR) is 99.4 cm³/mol. The molecule has 1 heterocycles. The Kier molecular flexibility index (Phi) is 5.45. The Morgan fingerprint density at radius 1 is 0.960 bits per heavy atom. The van der Waals surface area contributed by atoms with Gasteiger partial charge in [0.05, 0.1) is 11.5 Å². The van der Waals surface area contributed by atoms with Crippen molar-refractivity contribution in [2.75, 3.05) is 13.1 Å². The lowest BCUT2D eigenvalue weighted by molar-refractivity contribution is 0.0793. The van der Waals surface area contributed by atoms with Gasteiger partial charge in [-0.1, -0.05) is 41.9 Å². The molecule has 4 nitrogen and oxygen atoms in total. The number of hydrogen-bond donors (Lipinski definition) is 0. The van der Waals surface area contributed by atoms with Gasteiger partial charge in [0.1, 0.15) is 0 Å². The Labute approximate surface area is 153 Å². The van der Waals surface area contributed by atoms with E-state index in [4.69, 9.17) is 11.6 Å². The van der Waals surface area contributed by atoms with Gasteiger partial charge in [-0.2, -0.15) is 0 Å². The summed E-state index contributed by atoms with van der Waals surface area (Å²) in [5, 5.41) is 0.456. The van der Waals surface area contributed by atoms with Crippen LogP contribution in [0, 0.1) is 0 Å². The van der Waals surface area contributed by atoms with Crippen LogP contribution in [0.1, 0.15) is 34.3 Å². The number of carbonyl (C=O) groups is 1. The molecule has 0 aliphatic carbocycles. The van der Waals surface area contributed by atoms with E-state index in [0.29, 0.717) is 21.7 Å². The van der Waals surface area contributed by atoms with Gasteiger partial charge in [-0.25, -0.2) is 8.42 Å². The number of sulfone groups is 1. The van der Waals surface area contributed by atoms with Gasteiger partial charge in [-0.05, 0) is 42.2 Å². The Morgan fingerprint density at radius 3 is 2.24 bits per heavy atom. The first-order chi connectivity index (χ1) is 11.9. The molecule has 0 saturated carbocycles. The molecule has 0 unspecified atom stereocenters. The number of likely N-dealkylation sites (tertiary alicyclic amines) is 1. The van der Waals surface area contributed by atoms with Gasteiger partial charge in [-0.3, -0.25) is 4.79 Å². The van der Waals surface area contributed by atoms with Crippen LogP contribution in [0.4, 0.5) is 0 Å². The second-order valence-electron chi connectivity index (χ2n) is 6.32. The monoisotopic (exact) mass is 377 g/mol. The van der Waals surface area contributed by atoms with E-state index in [1.165, 1.54) is 0 Å². The maximum atomic E-state index is 12.4. The number of amides is 1. The molecule has 1 saturated heterocycles. The van der Waals surface area contributed by atoms with E-state index < -0.39 is 9.84 Å². The highest BCUT2D eigenvalue weighted by Gasteiger charge is 2.20. The van der Waals surface area contributed by atoms with Crippen molar-refractivity contribution in [2.24, 2.45) is 0 Å². The van der Waals surface area contributed by atoms with Crippen LogP contribution in [-0.4, -0.2) is 32.3 Å². The number of rotatable bonds is 5. The summed E-state index contributed by atoms with van der Waals surface area (Å²) in [4.78, 5) is 14.2. The molecule has 3 rings (SSSR count). The van der Waals surface area contributed by atoms with Crippen LogP contribution < -0.4 is 0 Å². The summed E-state index contributed by atoms with van der Waals surface area (Å²) in [6.07, 6.45) is 2.09. The Bertz CT molecular complexity index is 856. The molecule has 0 radical (unpaired) electrons. The maximum absolute atomic E-state index is 12.4. The van der Waals surface area contributed by atoms with E-state index in [2.05, 4.69) is 0 Å². The molecule has 2 aromatic rings. The van der Waals surface area contributed by atoms with Gasteiger partial charge in [0.2, 0.25) is 0 Å². The standard InChI is InChI=1S/C19H20ClNO3S/c20-18-6-2-1-5-17(18)14-25(23,24)13-15-7-9-16(10-8-15)19(22)21-11-3-4-12-21/h1-2,5-10H,3-4,11-14H2. The SMILES string of the molecule is O=C(c1ccc(CS(=O)(=O)Cc2ccccc2Cl)cc1)N1CCCC1. The fourth-order valence-corrected chi connectivity index (χ4v) is 4.81. The number of benzene rings is 2. The molecule has 2 aromatic carbocycles. The Balaban J connectivity index is 1.68. The molecular weight excluding hydrogens is 358 g/mol. The third-order valence-electron chi connectivity index (χ3n) is 4.31. The van der Waals surface area contributed by atoms with Gasteiger partial charge in [0, 0.05) is 23.7 Å². The summed E-state index contributed by atoms with van der Waals surface area (Å²) in [7, 11) is -3.34. The van der Waals surface area contributed by atoms with Crippen LogP contribution in [0.25, 0.3) is 0 Å². The quantitative estimate of drug-likeness (QED) is 0.798. The van der Waals surface area contributed by atoms with E-state index in [0.717, 1.165) is 25.9 Å². The third-order valence-corrected chi connectivity index (χ3v) is 6.21. The summed E-state index contributed by atoms with van der Waals surface area (Å²) < 4.78 is 24.8. The van der Waals surface area contributed by atoms with Gasteiger partial charge >= 0.3 is 0 Å². The van der Waals surface area contributed by atoms with E-state index in [-0.39, 0.29) is 17.4 Å². The minimum absolute atomic E-state index is 0.0166. The summed E-state index contributed by atoms with van der Waals surface area (Å²) in [6, 6.07) is 13.8. The molecule has 1 aliphatic rings. The minimum Gasteiger partial charge on any atom is -0.339 e. The average Bonchev–Trinajstić information content (AvgIpc) is 3.11. The highest BCUT2D eigenvalue weighted by atomic mass is 35.5. The average molecular weight is 378 g/mol. The van der Waals surface area contributed by atoms with E-state index in [1.54, 1.807) is 48.5 Å². The largest absolute Gasteiger partial charge is 0.339 e. The molecule has 0 atom stereocenters. The van der Waals surface area contributed by atoms with Crippen LogP contribution in [0.15, 0.2) is 48.5 Å². The number of carbonyl (C=O) groups excluding carboxylic acids is 1. The van der Waals surface area contributed by atoms with Crippen molar-refractivity contribution in [3.8, 4) is 0 Å². The summed E-state index contributed by atoms with van der Waals surface area (Å²) in [6.45, 7) is 1.60. The molecule has 0 bridgehead atoms. The summed E-state index contributed by atoms with van der Waals surface area (Å²) >= 11 is 6.04. The van der Waals surface area contributed by atoms with Crippen LogP contribution in [0.2, 0.25) is 5.02 Å². The normalized spacial score (nSPS) is 14.7. The van der Waals surface area contributed by atoms with Gasteiger partial charge in [0.15, 0.2) is 9.84 Å². The number of halogens is 1. The lowest BCUT2D eigenvalue weighted by Crippen LogP contribution is -2.27. The molecular formula is C19H20ClNO3S. The minimum atomic E-state index is -3.34. The zero-order valence-corrected chi connectivity index (χ0v) is 15.4. The lowest BCUT2D eigenvalue weighted by Gasteiger charge is -2.15. The molecule has 132 valence electrons. The molecule has 1 fully saturated rings. The van der Waals surface area contributed by atoms with Crippen molar-refractivity contribution in [1.82, 2.24) is 4.90 Å². The fraction of sp³-hybridized carbons (Fsp3) is 0.316. The summed E-state index contributed by atoms with van der Waals surface area (Å²) in [5.74, 6) is -0.152. The van der Waals surface area contributed by atoms with Crippen molar-refractivity contribution >= 4 is 27.3 Å². The van der Waals surface area contributed by atoms with Crippen molar-refractivity contribution < 1.29 is 13.2 Å². The lowest BCUT2D eigenvalue weighted by atomic mass is 10.1. The van der Waals surface area contributed by atoms with Crippen LogP contribution >= 0.6 is 11.6 Å². The van der Waals surface area contributed by atoms with Crippen molar-refractivity contribution in [1.29, 1.82) is 0 Å². The molecule has 0 N–H and O–H groups in total. The first kappa shape index (κ1) is 18.0. The van der Waals surface area contributed by atoms with E-state index in [9.17, 15) is 13.2 Å². The van der Waals surface area contributed by atoms with Gasteiger partial charge in [-0.15, -0.1) is 0 Å². The highest BCUT2D eigenvalue weighted by Crippen LogP contribution is 2.20. The molecule has 0 aromatic heterocycles. The maximum Gasteiger partial charge on any atom is 0.253 e. The van der Waals surface area contributed by atoms with Crippen LogP contribution in [-0.2, 0) is 21.3 Å². The van der Waals surface area contributed by atoms with E-state index >= 15 is 0 Å². The molecule has 1 amide bonds. The smallest absolute Gasteiger partial charge is 0.253 e. The van der Waals surface area contributed by atoms with Crippen LogP contribution in [0.5, 0.6) is 0 Å². The fourth-order valence-electron chi connectivity index (χ4n) is 3.00. The first-order valence-corrected chi connectivity index (χ1v) is 10.5. The topological polar surface area (TPSA) is 54.5 Å². The summed E-state index contributed by atoms with van der Waals surface area (Å²) in [5.41, 5.74) is 1.88. The zero-order valence-electron chi connectivity index (χ0n) is 13.8. The van der Waals surface area contributed by atoms with E-state index in [1.807, 2.05) is 4.90 Å². The molecule has 0 spiro atoms. The zero-order chi connectivity index (χ0) is 17.9. The third kappa shape index (κ3) is 4.61. The molecule has 1 aliphatic heterocycles. The van der Waals surface area contributed by atoms with Gasteiger partial charge < -0.3 is 4.90 Å². The van der Waals surface area contributed by atoms with Crippen molar-refractivity contribution in [3.05, 3.63) is 70.2 Å². The molecule has 25 heavy (non-hydrogen) atoms. The first-order valence-electron chi connectivity index (χ1n) is 8.27. The van der Waals surface area contributed by atoms with Crippen molar-refractivity contribution in [3.63, 3.8) is 0 Å². The predicted octanol–water partition coefficient (Wildman–Crippen LogP) is 3.69. The second-order valence-corrected chi connectivity index (χ2v) is 8.79. The molecule has 6 heteroatoms. The number of hydrogen-bond acceptors (Lipinski definition) is 3. The Morgan fingerprint density at radius 2 is 1.60 bits per heavy atom. The number of nitrogens with zero attached hydrogens (tertiary/aromatic N) is 1. The highest BCUT2D eigenvalue weighted by molar-refractivity contribution is 7.89. The van der Waals surface area contributed by atoms with Crippen molar-refractivity contribution in [2.45, 2.75) is 24.3 Å². The van der Waals surface area contributed by atoms with Crippen LogP contribution in [0.3, 0.4) is 0 Å². The van der Waals surface area contributed by atoms with Gasteiger partial charge in [0.25, 0.3) is 5.91 Å². The Hall–Kier alpha value is -1.85. The second kappa shape index (κ2) is 7.58.